The Morgan fingerprint density at radius 1 is 1.32 bits per heavy atom. The van der Waals surface area contributed by atoms with E-state index in [9.17, 15) is 14.7 Å². The van der Waals surface area contributed by atoms with E-state index in [2.05, 4.69) is 15.0 Å². The predicted molar refractivity (Wildman–Crippen MR) is 81.9 cm³/mol. The Bertz CT molecular complexity index is 542. The maximum absolute atomic E-state index is 11.9. The topological polar surface area (TPSA) is 97.8 Å². The number of nitrogens with zero attached hydrogens (tertiary/aromatic N) is 1. The number of carbonyl (C=O) groups excluding carboxylic acids is 2. The lowest BCUT2D eigenvalue weighted by Crippen LogP contribution is -2.44. The van der Waals surface area contributed by atoms with Crippen LogP contribution in [0.4, 0.5) is 4.79 Å². The van der Waals surface area contributed by atoms with Crippen molar-refractivity contribution >= 4 is 23.4 Å². The summed E-state index contributed by atoms with van der Waals surface area (Å²) in [4.78, 5) is 27.5. The highest BCUT2D eigenvalue weighted by molar-refractivity contribution is 7.09. The number of hydrogen-bond acceptors (Lipinski definition) is 7. The van der Waals surface area contributed by atoms with Gasteiger partial charge in [0.25, 0.3) is 0 Å². The average Bonchev–Trinajstić information content (AvgIpc) is 2.80. The second-order valence-electron chi connectivity index (χ2n) is 6.30. The number of alkyl carbamates (subject to hydrolysis) is 1. The molecule has 0 radical (unpaired) electrons. The first kappa shape index (κ1) is 18.4. The number of methoxy groups -OCH3 is 1. The summed E-state index contributed by atoms with van der Waals surface area (Å²) in [6.45, 7) is 8.29. The van der Waals surface area contributed by atoms with Crippen LogP contribution in [-0.2, 0) is 9.47 Å². The quantitative estimate of drug-likeness (QED) is 0.822. The zero-order valence-electron chi connectivity index (χ0n) is 13.6. The predicted octanol–water partition coefficient (Wildman–Crippen LogP) is 2.27. The Morgan fingerprint density at radius 3 is 2.36 bits per heavy atom. The van der Waals surface area contributed by atoms with Crippen molar-refractivity contribution in [3.05, 3.63) is 16.1 Å². The zero-order valence-corrected chi connectivity index (χ0v) is 14.4. The Hall–Kier alpha value is -1.67. The molecule has 124 valence electrons. The molecule has 8 heteroatoms. The van der Waals surface area contributed by atoms with Gasteiger partial charge in [0.2, 0.25) is 0 Å². The molecule has 0 fully saturated rings. The molecule has 1 aromatic rings. The van der Waals surface area contributed by atoms with Gasteiger partial charge in [-0.2, -0.15) is 0 Å². The number of carbonyl (C=O) groups is 2. The van der Waals surface area contributed by atoms with E-state index in [0.29, 0.717) is 5.01 Å². The largest absolute Gasteiger partial charge is 0.464 e. The third-order valence-electron chi connectivity index (χ3n) is 2.53. The molecule has 22 heavy (non-hydrogen) atoms. The first-order valence-corrected chi connectivity index (χ1v) is 7.57. The summed E-state index contributed by atoms with van der Waals surface area (Å²) in [6.07, 6.45) is -0.672. The first-order valence-electron chi connectivity index (χ1n) is 6.69. The normalized spacial score (nSPS) is 13.4. The van der Waals surface area contributed by atoms with Gasteiger partial charge in [-0.05, 0) is 34.6 Å². The average molecular weight is 330 g/mol. The van der Waals surface area contributed by atoms with Crippen LogP contribution in [0.2, 0.25) is 0 Å². The first-order chi connectivity index (χ1) is 9.94. The van der Waals surface area contributed by atoms with Gasteiger partial charge < -0.3 is 19.9 Å². The standard InChI is InChI=1S/C14H22N2O5S/c1-13(2,3)21-12(18)16-9(14(4,5)19)10-15-8(7-22-10)11(17)20-6/h7,9,19H,1-6H3,(H,16,18)/t9-/m1/s1. The van der Waals surface area contributed by atoms with Crippen molar-refractivity contribution in [3.8, 4) is 0 Å². The second kappa shape index (κ2) is 6.62. The van der Waals surface area contributed by atoms with E-state index in [4.69, 9.17) is 4.74 Å². The molecule has 0 aliphatic carbocycles. The van der Waals surface area contributed by atoms with E-state index < -0.39 is 29.3 Å². The maximum atomic E-state index is 11.9. The smallest absolute Gasteiger partial charge is 0.408 e. The summed E-state index contributed by atoms with van der Waals surface area (Å²) in [5, 5.41) is 14.7. The molecule has 0 saturated heterocycles. The molecular weight excluding hydrogens is 308 g/mol. The van der Waals surface area contributed by atoms with Crippen molar-refractivity contribution in [1.82, 2.24) is 10.3 Å². The van der Waals surface area contributed by atoms with Crippen LogP contribution in [0.3, 0.4) is 0 Å². The number of amides is 1. The van der Waals surface area contributed by atoms with E-state index in [1.54, 1.807) is 20.8 Å². The van der Waals surface area contributed by atoms with Crippen LogP contribution in [0.5, 0.6) is 0 Å². The second-order valence-corrected chi connectivity index (χ2v) is 7.19. The Balaban J connectivity index is 2.97. The number of ether oxygens (including phenoxy) is 2. The van der Waals surface area contributed by atoms with Crippen molar-refractivity contribution in [3.63, 3.8) is 0 Å². The molecule has 0 spiro atoms. The third kappa shape index (κ3) is 5.27. The lowest BCUT2D eigenvalue weighted by molar-refractivity contribution is 0.0162. The summed E-state index contributed by atoms with van der Waals surface area (Å²) >= 11 is 1.15. The molecule has 0 saturated carbocycles. The number of aromatic nitrogens is 1. The molecule has 1 aromatic heterocycles. The van der Waals surface area contributed by atoms with E-state index in [1.165, 1.54) is 26.3 Å². The van der Waals surface area contributed by atoms with E-state index in [-0.39, 0.29) is 5.69 Å². The third-order valence-corrected chi connectivity index (χ3v) is 3.44. The van der Waals surface area contributed by atoms with Gasteiger partial charge in [-0.3, -0.25) is 0 Å². The van der Waals surface area contributed by atoms with Gasteiger partial charge >= 0.3 is 12.1 Å². The molecule has 0 bridgehead atoms. The number of rotatable bonds is 4. The molecule has 0 aliphatic rings. The monoisotopic (exact) mass is 330 g/mol. The summed E-state index contributed by atoms with van der Waals surface area (Å²) in [5.41, 5.74) is -1.82. The Labute approximate surface area is 133 Å². The summed E-state index contributed by atoms with van der Waals surface area (Å²) in [5.74, 6) is -0.575. The van der Waals surface area contributed by atoms with Gasteiger partial charge in [0.05, 0.1) is 12.7 Å². The van der Waals surface area contributed by atoms with Gasteiger partial charge in [0.15, 0.2) is 5.69 Å². The van der Waals surface area contributed by atoms with Crippen molar-refractivity contribution in [2.24, 2.45) is 0 Å². The fraction of sp³-hybridized carbons (Fsp3) is 0.643. The van der Waals surface area contributed by atoms with Gasteiger partial charge in [-0.15, -0.1) is 11.3 Å². The van der Waals surface area contributed by atoms with Crippen LogP contribution in [0.25, 0.3) is 0 Å². The zero-order chi connectivity index (χ0) is 17.1. The minimum atomic E-state index is -1.29. The lowest BCUT2D eigenvalue weighted by atomic mass is 10.00. The Kier molecular flexibility index (Phi) is 5.53. The van der Waals surface area contributed by atoms with Crippen LogP contribution in [-0.4, -0.2) is 40.5 Å². The number of thiazole rings is 1. The number of aliphatic hydroxyl groups is 1. The summed E-state index contributed by atoms with van der Waals surface area (Å²) in [7, 11) is 1.26. The van der Waals surface area contributed by atoms with Crippen molar-refractivity contribution in [2.45, 2.75) is 51.9 Å². The molecule has 0 aromatic carbocycles. The van der Waals surface area contributed by atoms with E-state index in [1.807, 2.05) is 0 Å². The highest BCUT2D eigenvalue weighted by Gasteiger charge is 2.34. The lowest BCUT2D eigenvalue weighted by Gasteiger charge is -2.29. The summed E-state index contributed by atoms with van der Waals surface area (Å²) < 4.78 is 9.78. The maximum Gasteiger partial charge on any atom is 0.408 e. The van der Waals surface area contributed by atoms with Crippen molar-refractivity contribution in [1.29, 1.82) is 0 Å². The molecule has 1 amide bonds. The van der Waals surface area contributed by atoms with Crippen LogP contribution >= 0.6 is 11.3 Å². The summed E-state index contributed by atoms with van der Waals surface area (Å²) in [6, 6.07) is -0.814. The van der Waals surface area contributed by atoms with Crippen LogP contribution in [0, 0.1) is 0 Å². The fourth-order valence-electron chi connectivity index (χ4n) is 1.58. The van der Waals surface area contributed by atoms with E-state index in [0.717, 1.165) is 11.3 Å². The Morgan fingerprint density at radius 2 is 1.91 bits per heavy atom. The number of nitrogens with one attached hydrogen (secondary N) is 1. The molecule has 0 aliphatic heterocycles. The molecular formula is C14H22N2O5S. The van der Waals surface area contributed by atoms with Gasteiger partial charge in [0, 0.05) is 5.38 Å². The number of esters is 1. The van der Waals surface area contributed by atoms with Gasteiger partial charge in [-0.25, -0.2) is 14.6 Å². The number of hydrogen-bond donors (Lipinski definition) is 2. The minimum Gasteiger partial charge on any atom is -0.464 e. The molecule has 2 N–H and O–H groups in total. The highest BCUT2D eigenvalue weighted by atomic mass is 32.1. The molecule has 7 nitrogen and oxygen atoms in total. The van der Waals surface area contributed by atoms with Crippen LogP contribution in [0.1, 0.15) is 56.2 Å². The fourth-order valence-corrected chi connectivity index (χ4v) is 2.60. The van der Waals surface area contributed by atoms with Gasteiger partial charge in [0.1, 0.15) is 16.7 Å². The molecule has 0 unspecified atom stereocenters. The molecule has 1 heterocycles. The SMILES string of the molecule is COC(=O)c1csc([C@@H](NC(=O)OC(C)(C)C)C(C)(C)O)n1. The van der Waals surface area contributed by atoms with Crippen LogP contribution in [0.15, 0.2) is 5.38 Å². The van der Waals surface area contributed by atoms with Crippen molar-refractivity contribution in [2.75, 3.05) is 7.11 Å². The van der Waals surface area contributed by atoms with E-state index >= 15 is 0 Å². The van der Waals surface area contributed by atoms with Crippen molar-refractivity contribution < 1.29 is 24.2 Å². The molecule has 1 atom stereocenters. The highest BCUT2D eigenvalue weighted by Crippen LogP contribution is 2.28. The molecule has 1 rings (SSSR count). The minimum absolute atomic E-state index is 0.128. The van der Waals surface area contributed by atoms with Gasteiger partial charge in [-0.1, -0.05) is 0 Å². The van der Waals surface area contributed by atoms with Crippen LogP contribution < -0.4 is 5.32 Å².